The summed E-state index contributed by atoms with van der Waals surface area (Å²) in [4.78, 5) is 30.3. The van der Waals surface area contributed by atoms with Crippen LogP contribution in [0.4, 0.5) is 10.2 Å². The molecule has 0 saturated carbocycles. The van der Waals surface area contributed by atoms with Crippen molar-refractivity contribution < 1.29 is 9.18 Å². The Balaban J connectivity index is 1.57. The third kappa shape index (κ3) is 4.30. The van der Waals surface area contributed by atoms with Crippen LogP contribution in [0.15, 0.2) is 48.7 Å². The zero-order valence-electron chi connectivity index (χ0n) is 17.2. The van der Waals surface area contributed by atoms with Gasteiger partial charge < -0.3 is 9.80 Å². The monoisotopic (exact) mass is 405 g/mol. The summed E-state index contributed by atoms with van der Waals surface area (Å²) in [7, 11) is 3.96. The highest BCUT2D eigenvalue weighted by Crippen LogP contribution is 2.27. The first-order valence-corrected chi connectivity index (χ1v) is 10.0. The largest absolute Gasteiger partial charge is 0.362 e. The number of pyridine rings is 1. The first kappa shape index (κ1) is 19.9. The van der Waals surface area contributed by atoms with Crippen LogP contribution >= 0.6 is 0 Å². The minimum Gasteiger partial charge on any atom is -0.362 e. The number of hydrogen-bond donors (Lipinski definition) is 0. The smallest absolute Gasteiger partial charge is 0.228 e. The minimum atomic E-state index is -0.402. The van der Waals surface area contributed by atoms with Gasteiger partial charge in [0.1, 0.15) is 11.6 Å². The van der Waals surface area contributed by atoms with Gasteiger partial charge in [-0.25, -0.2) is 14.4 Å². The molecule has 30 heavy (non-hydrogen) atoms. The minimum absolute atomic E-state index is 0.00967. The molecule has 1 amide bonds. The second-order valence-electron chi connectivity index (χ2n) is 7.58. The van der Waals surface area contributed by atoms with Crippen LogP contribution < -0.4 is 4.90 Å². The average molecular weight is 405 g/mol. The summed E-state index contributed by atoms with van der Waals surface area (Å²) >= 11 is 0. The van der Waals surface area contributed by atoms with E-state index in [1.54, 1.807) is 6.07 Å². The average Bonchev–Trinajstić information content (AvgIpc) is 2.98. The van der Waals surface area contributed by atoms with Gasteiger partial charge >= 0.3 is 0 Å². The molecule has 3 heterocycles. The van der Waals surface area contributed by atoms with Gasteiger partial charge in [-0.15, -0.1) is 0 Å². The molecule has 2 aromatic heterocycles. The lowest BCUT2D eigenvalue weighted by molar-refractivity contribution is -0.130. The fraction of sp³-hybridized carbons (Fsp3) is 0.304. The molecule has 0 bridgehead atoms. The zero-order valence-corrected chi connectivity index (χ0v) is 17.2. The van der Waals surface area contributed by atoms with Crippen molar-refractivity contribution >= 4 is 11.7 Å². The Bertz CT molecular complexity index is 1040. The van der Waals surface area contributed by atoms with Gasteiger partial charge in [-0.1, -0.05) is 30.3 Å². The van der Waals surface area contributed by atoms with Crippen molar-refractivity contribution in [1.82, 2.24) is 19.9 Å². The molecule has 7 heteroatoms. The number of benzene rings is 1. The van der Waals surface area contributed by atoms with Crippen LogP contribution in [0.5, 0.6) is 0 Å². The number of carbonyl (C=O) groups is 1. The van der Waals surface area contributed by atoms with Crippen molar-refractivity contribution in [2.75, 3.05) is 32.1 Å². The number of rotatable bonds is 4. The maximum atomic E-state index is 13.1. The molecule has 1 aromatic carbocycles. The van der Waals surface area contributed by atoms with E-state index in [9.17, 15) is 9.18 Å². The Morgan fingerprint density at radius 3 is 2.53 bits per heavy atom. The van der Waals surface area contributed by atoms with E-state index < -0.39 is 5.82 Å². The Morgan fingerprint density at radius 2 is 1.83 bits per heavy atom. The second kappa shape index (κ2) is 8.57. The van der Waals surface area contributed by atoms with E-state index in [2.05, 4.69) is 4.98 Å². The molecule has 0 saturated heterocycles. The molecule has 6 nitrogen and oxygen atoms in total. The third-order valence-corrected chi connectivity index (χ3v) is 5.25. The molecule has 4 rings (SSSR count). The number of carbonyl (C=O) groups excluding carboxylic acids is 1. The van der Waals surface area contributed by atoms with Gasteiger partial charge in [-0.05, 0) is 18.6 Å². The number of anilines is 1. The Morgan fingerprint density at radius 1 is 1.07 bits per heavy atom. The van der Waals surface area contributed by atoms with Crippen molar-refractivity contribution in [1.29, 1.82) is 0 Å². The van der Waals surface area contributed by atoms with E-state index in [0.29, 0.717) is 37.4 Å². The molecule has 0 radical (unpaired) electrons. The molecular weight excluding hydrogens is 381 g/mol. The van der Waals surface area contributed by atoms with Crippen LogP contribution in [0.25, 0.3) is 11.4 Å². The predicted octanol–water partition coefficient (Wildman–Crippen LogP) is 2.91. The highest BCUT2D eigenvalue weighted by atomic mass is 19.1. The number of hydrogen-bond acceptors (Lipinski definition) is 5. The predicted molar refractivity (Wildman–Crippen MR) is 114 cm³/mol. The number of nitrogens with zero attached hydrogens (tertiary/aromatic N) is 5. The van der Waals surface area contributed by atoms with E-state index >= 15 is 0 Å². The number of aromatic nitrogens is 3. The maximum absolute atomic E-state index is 13.1. The number of halogens is 1. The normalized spacial score (nSPS) is 13.5. The van der Waals surface area contributed by atoms with Gasteiger partial charge in [0.05, 0.1) is 18.3 Å². The zero-order chi connectivity index (χ0) is 21.1. The van der Waals surface area contributed by atoms with Gasteiger partial charge in [0, 0.05) is 50.4 Å². The standard InChI is InChI=1S/C23H24FN5O/c1-28(2)23-19-10-12-29(21(30)14-18-9-8-17(24)15-25-18)13-11-20(19)26-22(27-23)16-6-4-3-5-7-16/h3-9,15H,10-14H2,1-2H3. The van der Waals surface area contributed by atoms with Crippen LogP contribution in [0, 0.1) is 5.82 Å². The van der Waals surface area contributed by atoms with Crippen LogP contribution in [0.3, 0.4) is 0 Å². The van der Waals surface area contributed by atoms with E-state index in [4.69, 9.17) is 9.97 Å². The fourth-order valence-corrected chi connectivity index (χ4v) is 3.69. The quantitative estimate of drug-likeness (QED) is 0.668. The first-order chi connectivity index (χ1) is 14.5. The van der Waals surface area contributed by atoms with Crippen LogP contribution in [-0.4, -0.2) is 52.9 Å². The van der Waals surface area contributed by atoms with Crippen molar-refractivity contribution in [2.45, 2.75) is 19.3 Å². The summed E-state index contributed by atoms with van der Waals surface area (Å²) in [5, 5.41) is 0. The van der Waals surface area contributed by atoms with E-state index in [1.165, 1.54) is 6.07 Å². The summed E-state index contributed by atoms with van der Waals surface area (Å²) < 4.78 is 13.1. The lowest BCUT2D eigenvalue weighted by Gasteiger charge is -2.20. The van der Waals surface area contributed by atoms with Crippen LogP contribution in [0.2, 0.25) is 0 Å². The topological polar surface area (TPSA) is 62.2 Å². The number of fused-ring (bicyclic) bond motifs is 1. The molecule has 0 aliphatic carbocycles. The van der Waals surface area contributed by atoms with Crippen molar-refractivity contribution in [3.8, 4) is 11.4 Å². The van der Waals surface area contributed by atoms with Gasteiger partial charge in [0.25, 0.3) is 0 Å². The van der Waals surface area contributed by atoms with Gasteiger partial charge in [0.2, 0.25) is 5.91 Å². The lowest BCUT2D eigenvalue weighted by Crippen LogP contribution is -2.34. The molecule has 3 aromatic rings. The summed E-state index contributed by atoms with van der Waals surface area (Å²) in [5.41, 5.74) is 3.63. The SMILES string of the molecule is CN(C)c1nc(-c2ccccc2)nc2c1CCN(C(=O)Cc1ccc(F)cn1)CC2. The third-order valence-electron chi connectivity index (χ3n) is 5.25. The highest BCUT2D eigenvalue weighted by molar-refractivity contribution is 5.78. The summed E-state index contributed by atoms with van der Waals surface area (Å²) in [6.45, 7) is 1.19. The first-order valence-electron chi connectivity index (χ1n) is 10.0. The molecule has 1 aliphatic rings. The molecular formula is C23H24FN5O. The summed E-state index contributed by atoms with van der Waals surface area (Å²) in [6.07, 6.45) is 2.67. The number of amides is 1. The lowest BCUT2D eigenvalue weighted by atomic mass is 10.1. The van der Waals surface area contributed by atoms with Gasteiger partial charge in [-0.2, -0.15) is 0 Å². The van der Waals surface area contributed by atoms with Gasteiger partial charge in [0.15, 0.2) is 5.82 Å². The van der Waals surface area contributed by atoms with Crippen LogP contribution in [0.1, 0.15) is 17.0 Å². The summed E-state index contributed by atoms with van der Waals surface area (Å²) in [5.74, 6) is 1.19. The van der Waals surface area contributed by atoms with Crippen molar-refractivity contribution in [2.24, 2.45) is 0 Å². The summed E-state index contributed by atoms with van der Waals surface area (Å²) in [6, 6.07) is 12.8. The van der Waals surface area contributed by atoms with E-state index in [1.807, 2.05) is 54.2 Å². The molecule has 154 valence electrons. The highest BCUT2D eigenvalue weighted by Gasteiger charge is 2.24. The van der Waals surface area contributed by atoms with Gasteiger partial charge in [-0.3, -0.25) is 9.78 Å². The molecule has 0 unspecified atom stereocenters. The van der Waals surface area contributed by atoms with Crippen molar-refractivity contribution in [3.63, 3.8) is 0 Å². The second-order valence-corrected chi connectivity index (χ2v) is 7.58. The molecule has 0 spiro atoms. The van der Waals surface area contributed by atoms with Crippen LogP contribution in [-0.2, 0) is 24.1 Å². The van der Waals surface area contributed by atoms with E-state index in [0.717, 1.165) is 28.8 Å². The fourth-order valence-electron chi connectivity index (χ4n) is 3.69. The molecule has 0 atom stereocenters. The Hall–Kier alpha value is -3.35. The maximum Gasteiger partial charge on any atom is 0.228 e. The molecule has 1 aliphatic heterocycles. The Labute approximate surface area is 175 Å². The van der Waals surface area contributed by atoms with Crippen molar-refractivity contribution in [3.05, 3.63) is 71.4 Å². The van der Waals surface area contributed by atoms with E-state index in [-0.39, 0.29) is 12.3 Å². The Kier molecular flexibility index (Phi) is 5.70. The molecule has 0 fully saturated rings. The molecule has 0 N–H and O–H groups in total.